The predicted octanol–water partition coefficient (Wildman–Crippen LogP) is 1.85. The molecule has 0 aliphatic heterocycles. The van der Waals surface area contributed by atoms with Gasteiger partial charge in [0.25, 0.3) is 5.91 Å². The van der Waals surface area contributed by atoms with Crippen molar-refractivity contribution in [2.45, 2.75) is 6.92 Å². The molecule has 0 aliphatic rings. The summed E-state index contributed by atoms with van der Waals surface area (Å²) in [5.41, 5.74) is 2.84. The molecule has 86 valence electrons. The summed E-state index contributed by atoms with van der Waals surface area (Å²) in [5.74, 6) is 5.34. The van der Waals surface area contributed by atoms with Crippen LogP contribution in [0, 0.1) is 0 Å². The summed E-state index contributed by atoms with van der Waals surface area (Å²) >= 11 is 3.36. The number of carbonyl (C=O) groups excluding carboxylic acids is 1. The molecular formula is C11H13BrN2O2. The molecule has 0 heterocycles. The van der Waals surface area contributed by atoms with Crippen molar-refractivity contribution in [1.82, 2.24) is 5.43 Å². The SMILES string of the molecule is CCOc1ccc(Br)cc1/C=C/C(=O)NN. The standard InChI is InChI=1S/C11H13BrN2O2/c1-2-16-10-5-4-9(12)7-8(10)3-6-11(15)14-13/h3-7H,2,13H2,1H3,(H,14,15)/b6-3+. The van der Waals surface area contributed by atoms with Crippen LogP contribution in [0.3, 0.4) is 0 Å². The second-order valence-corrected chi connectivity index (χ2v) is 3.87. The average molecular weight is 285 g/mol. The Labute approximate surface area is 103 Å². The fraction of sp³-hybridized carbons (Fsp3) is 0.182. The van der Waals surface area contributed by atoms with Crippen molar-refractivity contribution in [1.29, 1.82) is 0 Å². The van der Waals surface area contributed by atoms with E-state index in [2.05, 4.69) is 15.9 Å². The summed E-state index contributed by atoms with van der Waals surface area (Å²) in [7, 11) is 0. The molecule has 0 bridgehead atoms. The molecule has 0 aliphatic carbocycles. The molecule has 0 fully saturated rings. The zero-order valence-electron chi connectivity index (χ0n) is 8.87. The molecule has 5 heteroatoms. The van der Waals surface area contributed by atoms with E-state index >= 15 is 0 Å². The number of ether oxygens (including phenoxy) is 1. The van der Waals surface area contributed by atoms with Crippen molar-refractivity contribution in [2.24, 2.45) is 5.84 Å². The van der Waals surface area contributed by atoms with Crippen molar-refractivity contribution in [3.05, 3.63) is 34.3 Å². The third-order valence-corrected chi connectivity index (χ3v) is 2.32. The molecule has 0 saturated carbocycles. The van der Waals surface area contributed by atoms with Gasteiger partial charge in [-0.2, -0.15) is 0 Å². The first-order chi connectivity index (χ1) is 7.67. The molecule has 0 atom stereocenters. The summed E-state index contributed by atoms with van der Waals surface area (Å²) in [6.07, 6.45) is 3.00. The maximum Gasteiger partial charge on any atom is 0.257 e. The molecule has 1 aromatic rings. The molecule has 0 aromatic heterocycles. The Morgan fingerprint density at radius 2 is 2.38 bits per heavy atom. The fourth-order valence-corrected chi connectivity index (χ4v) is 1.53. The first-order valence-electron chi connectivity index (χ1n) is 4.78. The number of benzene rings is 1. The third-order valence-electron chi connectivity index (χ3n) is 1.83. The van der Waals surface area contributed by atoms with Gasteiger partial charge < -0.3 is 4.74 Å². The van der Waals surface area contributed by atoms with E-state index in [0.29, 0.717) is 6.61 Å². The Morgan fingerprint density at radius 1 is 1.62 bits per heavy atom. The minimum Gasteiger partial charge on any atom is -0.493 e. The van der Waals surface area contributed by atoms with Crippen LogP contribution < -0.4 is 16.0 Å². The number of amides is 1. The van der Waals surface area contributed by atoms with E-state index in [9.17, 15) is 4.79 Å². The molecule has 0 spiro atoms. The third kappa shape index (κ3) is 3.67. The van der Waals surface area contributed by atoms with E-state index < -0.39 is 0 Å². The monoisotopic (exact) mass is 284 g/mol. The van der Waals surface area contributed by atoms with E-state index in [1.54, 1.807) is 6.08 Å². The number of rotatable bonds is 4. The Balaban J connectivity index is 2.95. The maximum atomic E-state index is 11.0. The van der Waals surface area contributed by atoms with Crippen LogP contribution >= 0.6 is 15.9 Å². The van der Waals surface area contributed by atoms with Gasteiger partial charge in [0.1, 0.15) is 5.75 Å². The van der Waals surface area contributed by atoms with Gasteiger partial charge in [0, 0.05) is 16.1 Å². The number of carbonyl (C=O) groups is 1. The highest BCUT2D eigenvalue weighted by Crippen LogP contribution is 2.24. The van der Waals surface area contributed by atoms with Gasteiger partial charge in [0.2, 0.25) is 0 Å². The van der Waals surface area contributed by atoms with E-state index in [1.165, 1.54) is 6.08 Å². The van der Waals surface area contributed by atoms with Gasteiger partial charge in [0.15, 0.2) is 0 Å². The van der Waals surface area contributed by atoms with Crippen LogP contribution in [-0.2, 0) is 4.79 Å². The minimum absolute atomic E-state index is 0.359. The maximum absolute atomic E-state index is 11.0. The normalized spacial score (nSPS) is 10.4. The molecule has 1 amide bonds. The lowest BCUT2D eigenvalue weighted by atomic mass is 10.2. The van der Waals surface area contributed by atoms with Crippen LogP contribution in [-0.4, -0.2) is 12.5 Å². The second kappa shape index (κ2) is 6.30. The first-order valence-corrected chi connectivity index (χ1v) is 5.57. The van der Waals surface area contributed by atoms with Crippen molar-refractivity contribution in [2.75, 3.05) is 6.61 Å². The van der Waals surface area contributed by atoms with E-state index in [0.717, 1.165) is 15.8 Å². The molecule has 4 nitrogen and oxygen atoms in total. The Morgan fingerprint density at radius 3 is 3.00 bits per heavy atom. The van der Waals surface area contributed by atoms with Gasteiger partial charge in [-0.15, -0.1) is 0 Å². The summed E-state index contributed by atoms with van der Waals surface area (Å²) < 4.78 is 6.34. The van der Waals surface area contributed by atoms with Gasteiger partial charge in [-0.1, -0.05) is 15.9 Å². The minimum atomic E-state index is -0.359. The van der Waals surface area contributed by atoms with Crippen molar-refractivity contribution >= 4 is 27.9 Å². The van der Waals surface area contributed by atoms with Gasteiger partial charge >= 0.3 is 0 Å². The lowest BCUT2D eigenvalue weighted by Gasteiger charge is -2.07. The number of hydrazine groups is 1. The zero-order chi connectivity index (χ0) is 12.0. The van der Waals surface area contributed by atoms with Crippen LogP contribution in [0.4, 0.5) is 0 Å². The molecule has 16 heavy (non-hydrogen) atoms. The van der Waals surface area contributed by atoms with E-state index in [4.69, 9.17) is 10.6 Å². The highest BCUT2D eigenvalue weighted by molar-refractivity contribution is 9.10. The quantitative estimate of drug-likeness (QED) is 0.384. The van der Waals surface area contributed by atoms with E-state index in [-0.39, 0.29) is 5.91 Å². The summed E-state index contributed by atoms with van der Waals surface area (Å²) in [4.78, 5) is 11.0. The highest BCUT2D eigenvalue weighted by atomic mass is 79.9. The van der Waals surface area contributed by atoms with Crippen LogP contribution in [0.5, 0.6) is 5.75 Å². The number of nitrogens with one attached hydrogen (secondary N) is 1. The fourth-order valence-electron chi connectivity index (χ4n) is 1.15. The second-order valence-electron chi connectivity index (χ2n) is 2.96. The smallest absolute Gasteiger partial charge is 0.257 e. The number of nitrogens with two attached hydrogens (primary N) is 1. The lowest BCUT2D eigenvalue weighted by Crippen LogP contribution is -2.27. The largest absolute Gasteiger partial charge is 0.493 e. The number of hydrogen-bond donors (Lipinski definition) is 2. The summed E-state index contributed by atoms with van der Waals surface area (Å²) in [6, 6.07) is 5.59. The van der Waals surface area contributed by atoms with Gasteiger partial charge in [0.05, 0.1) is 6.61 Å². The van der Waals surface area contributed by atoms with Crippen LogP contribution in [0.15, 0.2) is 28.7 Å². The van der Waals surface area contributed by atoms with Crippen LogP contribution in [0.1, 0.15) is 12.5 Å². The van der Waals surface area contributed by atoms with Crippen molar-refractivity contribution in [3.63, 3.8) is 0 Å². The first kappa shape index (κ1) is 12.7. The Bertz CT molecular complexity index is 405. The highest BCUT2D eigenvalue weighted by Gasteiger charge is 2.01. The number of halogens is 1. The van der Waals surface area contributed by atoms with Crippen LogP contribution in [0.2, 0.25) is 0 Å². The molecule has 3 N–H and O–H groups in total. The Kier molecular flexibility index (Phi) is 5.01. The molecule has 1 rings (SSSR count). The number of hydrogen-bond acceptors (Lipinski definition) is 3. The van der Waals surface area contributed by atoms with Crippen LogP contribution in [0.25, 0.3) is 6.08 Å². The van der Waals surface area contributed by atoms with Gasteiger partial charge in [-0.3, -0.25) is 10.2 Å². The van der Waals surface area contributed by atoms with Crippen molar-refractivity contribution in [3.8, 4) is 5.75 Å². The molecule has 1 aromatic carbocycles. The predicted molar refractivity (Wildman–Crippen MR) is 66.7 cm³/mol. The topological polar surface area (TPSA) is 64.3 Å². The van der Waals surface area contributed by atoms with Gasteiger partial charge in [-0.25, -0.2) is 5.84 Å². The summed E-state index contributed by atoms with van der Waals surface area (Å²) in [5, 5.41) is 0. The van der Waals surface area contributed by atoms with Crippen molar-refractivity contribution < 1.29 is 9.53 Å². The van der Waals surface area contributed by atoms with Gasteiger partial charge in [-0.05, 0) is 31.2 Å². The van der Waals surface area contributed by atoms with E-state index in [1.807, 2.05) is 30.5 Å². The summed E-state index contributed by atoms with van der Waals surface area (Å²) in [6.45, 7) is 2.48. The lowest BCUT2D eigenvalue weighted by molar-refractivity contribution is -0.116. The molecular weight excluding hydrogens is 272 g/mol. The average Bonchev–Trinajstić information content (AvgIpc) is 2.29. The Hall–Kier alpha value is -1.33. The molecule has 0 saturated heterocycles. The molecule has 0 radical (unpaired) electrons. The zero-order valence-corrected chi connectivity index (χ0v) is 10.5. The molecule has 0 unspecified atom stereocenters.